The topological polar surface area (TPSA) is 67.9 Å². The Morgan fingerprint density at radius 1 is 1.24 bits per heavy atom. The van der Waals surface area contributed by atoms with Crippen LogP contribution in [0.1, 0.15) is 44.5 Å². The first-order valence-electron chi connectivity index (χ1n) is 8.63. The van der Waals surface area contributed by atoms with Crippen molar-refractivity contribution in [2.45, 2.75) is 45.8 Å². The molecule has 0 radical (unpaired) electrons. The van der Waals surface area contributed by atoms with Crippen molar-refractivity contribution >= 4 is 12.0 Å². The van der Waals surface area contributed by atoms with Crippen molar-refractivity contribution in [3.05, 3.63) is 29.8 Å². The Bertz CT molecular complexity index is 624. The maximum absolute atomic E-state index is 12.8. The highest BCUT2D eigenvalue weighted by atomic mass is 16.6. The SMILES string of the molecule is COc1ccccc1C(=O)N1CCC(NC(=O)OC(C)(C)C)C(C)C1. The minimum Gasteiger partial charge on any atom is -0.496 e. The number of carbonyl (C=O) groups excluding carboxylic acids is 2. The number of hydrogen-bond donors (Lipinski definition) is 1. The highest BCUT2D eigenvalue weighted by Gasteiger charge is 2.32. The summed E-state index contributed by atoms with van der Waals surface area (Å²) in [7, 11) is 1.56. The first-order chi connectivity index (χ1) is 11.7. The average molecular weight is 348 g/mol. The molecule has 0 aromatic heterocycles. The number of hydrogen-bond acceptors (Lipinski definition) is 4. The van der Waals surface area contributed by atoms with Gasteiger partial charge in [-0.2, -0.15) is 0 Å². The Labute approximate surface area is 149 Å². The van der Waals surface area contributed by atoms with Crippen molar-refractivity contribution in [2.24, 2.45) is 5.92 Å². The molecule has 6 nitrogen and oxygen atoms in total. The molecule has 1 aromatic rings. The molecule has 1 fully saturated rings. The van der Waals surface area contributed by atoms with Gasteiger partial charge in [0, 0.05) is 19.1 Å². The zero-order valence-electron chi connectivity index (χ0n) is 15.7. The molecule has 6 heteroatoms. The zero-order chi connectivity index (χ0) is 18.6. The third kappa shape index (κ3) is 5.11. The van der Waals surface area contributed by atoms with E-state index in [1.165, 1.54) is 0 Å². The van der Waals surface area contributed by atoms with Crippen LogP contribution in [0.5, 0.6) is 5.75 Å². The second-order valence-electron chi connectivity index (χ2n) is 7.47. The lowest BCUT2D eigenvalue weighted by molar-refractivity contribution is 0.0431. The number of piperidine rings is 1. The molecule has 1 saturated heterocycles. The van der Waals surface area contributed by atoms with E-state index in [0.29, 0.717) is 30.8 Å². The summed E-state index contributed by atoms with van der Waals surface area (Å²) < 4.78 is 10.6. The van der Waals surface area contributed by atoms with Crippen LogP contribution in [-0.2, 0) is 4.74 Å². The molecule has 1 aromatic carbocycles. The van der Waals surface area contributed by atoms with Crippen molar-refractivity contribution in [1.29, 1.82) is 0 Å². The van der Waals surface area contributed by atoms with Crippen molar-refractivity contribution in [1.82, 2.24) is 10.2 Å². The predicted octanol–water partition coefficient (Wildman–Crippen LogP) is 3.07. The second kappa shape index (κ2) is 7.76. The molecule has 1 aliphatic rings. The number of likely N-dealkylation sites (tertiary alicyclic amines) is 1. The Hall–Kier alpha value is -2.24. The fraction of sp³-hybridized carbons (Fsp3) is 0.579. The van der Waals surface area contributed by atoms with Gasteiger partial charge in [-0.3, -0.25) is 4.79 Å². The van der Waals surface area contributed by atoms with E-state index in [9.17, 15) is 9.59 Å². The standard InChI is InChI=1S/C19H28N2O4/c1-13-12-21(17(22)14-8-6-7-9-16(14)24-5)11-10-15(13)20-18(23)25-19(2,3)4/h6-9,13,15H,10-12H2,1-5H3,(H,20,23). The lowest BCUT2D eigenvalue weighted by Crippen LogP contribution is -2.52. The van der Waals surface area contributed by atoms with E-state index in [0.717, 1.165) is 0 Å². The van der Waals surface area contributed by atoms with E-state index < -0.39 is 11.7 Å². The number of alkyl carbamates (subject to hydrolysis) is 1. The highest BCUT2D eigenvalue weighted by Crippen LogP contribution is 2.24. The van der Waals surface area contributed by atoms with Crippen LogP contribution in [0.25, 0.3) is 0 Å². The molecule has 138 valence electrons. The number of nitrogens with one attached hydrogen (secondary N) is 1. The van der Waals surface area contributed by atoms with Crippen molar-refractivity contribution in [2.75, 3.05) is 20.2 Å². The van der Waals surface area contributed by atoms with Crippen LogP contribution >= 0.6 is 0 Å². The average Bonchev–Trinajstić information content (AvgIpc) is 2.54. The smallest absolute Gasteiger partial charge is 0.407 e. The van der Waals surface area contributed by atoms with Crippen molar-refractivity contribution in [3.8, 4) is 5.75 Å². The summed E-state index contributed by atoms with van der Waals surface area (Å²) in [5.74, 6) is 0.675. The summed E-state index contributed by atoms with van der Waals surface area (Å²) in [6.07, 6.45) is 0.287. The van der Waals surface area contributed by atoms with Gasteiger partial charge in [0.05, 0.1) is 12.7 Å². The maximum Gasteiger partial charge on any atom is 0.407 e. The number of para-hydroxylation sites is 1. The van der Waals surface area contributed by atoms with E-state index >= 15 is 0 Å². The molecule has 1 N–H and O–H groups in total. The Morgan fingerprint density at radius 2 is 1.92 bits per heavy atom. The van der Waals surface area contributed by atoms with Crippen molar-refractivity contribution < 1.29 is 19.1 Å². The number of nitrogens with zero attached hydrogens (tertiary/aromatic N) is 1. The molecular formula is C19H28N2O4. The molecule has 0 bridgehead atoms. The lowest BCUT2D eigenvalue weighted by Gasteiger charge is -2.37. The first kappa shape index (κ1) is 19.1. The van der Waals surface area contributed by atoms with Gasteiger partial charge in [-0.05, 0) is 45.2 Å². The quantitative estimate of drug-likeness (QED) is 0.911. The molecule has 2 amide bonds. The summed E-state index contributed by atoms with van der Waals surface area (Å²) in [4.78, 5) is 26.6. The van der Waals surface area contributed by atoms with Crippen LogP contribution in [0.2, 0.25) is 0 Å². The van der Waals surface area contributed by atoms with Gasteiger partial charge in [0.1, 0.15) is 11.4 Å². The summed E-state index contributed by atoms with van der Waals surface area (Å²) in [5.41, 5.74) is 0.0455. The molecular weight excluding hydrogens is 320 g/mol. The fourth-order valence-electron chi connectivity index (χ4n) is 3.00. The number of carbonyl (C=O) groups is 2. The largest absolute Gasteiger partial charge is 0.496 e. The molecule has 2 atom stereocenters. The summed E-state index contributed by atoms with van der Waals surface area (Å²) >= 11 is 0. The van der Waals surface area contributed by atoms with Gasteiger partial charge in [-0.25, -0.2) is 4.79 Å². The second-order valence-corrected chi connectivity index (χ2v) is 7.47. The number of amides is 2. The number of benzene rings is 1. The van der Waals surface area contributed by atoms with Gasteiger partial charge >= 0.3 is 6.09 Å². The minimum atomic E-state index is -0.520. The molecule has 0 aliphatic carbocycles. The van der Waals surface area contributed by atoms with E-state index in [1.807, 2.05) is 44.7 Å². The third-order valence-electron chi connectivity index (χ3n) is 4.23. The molecule has 2 rings (SSSR count). The van der Waals surface area contributed by atoms with E-state index in [-0.39, 0.29) is 17.9 Å². The first-order valence-corrected chi connectivity index (χ1v) is 8.63. The van der Waals surface area contributed by atoms with Crippen LogP contribution < -0.4 is 10.1 Å². The Morgan fingerprint density at radius 3 is 2.52 bits per heavy atom. The molecule has 0 saturated carbocycles. The minimum absolute atomic E-state index is 0.00318. The van der Waals surface area contributed by atoms with E-state index in [2.05, 4.69) is 5.32 Å². The number of rotatable bonds is 3. The van der Waals surface area contributed by atoms with Crippen molar-refractivity contribution in [3.63, 3.8) is 0 Å². The van der Waals surface area contributed by atoms with Crippen LogP contribution in [0.3, 0.4) is 0 Å². The molecule has 25 heavy (non-hydrogen) atoms. The third-order valence-corrected chi connectivity index (χ3v) is 4.23. The normalized spacial score (nSPS) is 20.8. The fourth-order valence-corrected chi connectivity index (χ4v) is 3.00. The van der Waals surface area contributed by atoms with Gasteiger partial charge in [0.15, 0.2) is 0 Å². The monoisotopic (exact) mass is 348 g/mol. The molecule has 1 aliphatic heterocycles. The molecule has 2 unspecified atom stereocenters. The van der Waals surface area contributed by atoms with E-state index in [4.69, 9.17) is 9.47 Å². The Balaban J connectivity index is 1.97. The van der Waals surface area contributed by atoms with E-state index in [1.54, 1.807) is 19.2 Å². The maximum atomic E-state index is 12.8. The summed E-state index contributed by atoms with van der Waals surface area (Å²) in [6.45, 7) is 8.71. The van der Waals surface area contributed by atoms with Gasteiger partial charge in [0.25, 0.3) is 5.91 Å². The predicted molar refractivity (Wildman–Crippen MR) is 95.8 cm³/mol. The van der Waals surface area contributed by atoms with Gasteiger partial charge in [-0.1, -0.05) is 19.1 Å². The molecule has 1 heterocycles. The number of methoxy groups -OCH3 is 1. The highest BCUT2D eigenvalue weighted by molar-refractivity contribution is 5.97. The Kier molecular flexibility index (Phi) is 5.93. The number of ether oxygens (including phenoxy) is 2. The van der Waals surface area contributed by atoms with Gasteiger partial charge in [-0.15, -0.1) is 0 Å². The summed E-state index contributed by atoms with van der Waals surface area (Å²) in [6, 6.07) is 7.23. The zero-order valence-corrected chi connectivity index (χ0v) is 15.7. The van der Waals surface area contributed by atoms with Gasteiger partial charge < -0.3 is 19.7 Å². The molecule has 0 spiro atoms. The summed E-state index contributed by atoms with van der Waals surface area (Å²) in [5, 5.41) is 2.92. The van der Waals surface area contributed by atoms with Crippen LogP contribution in [0.4, 0.5) is 4.79 Å². The van der Waals surface area contributed by atoms with Gasteiger partial charge in [0.2, 0.25) is 0 Å². The van der Waals surface area contributed by atoms with Crippen LogP contribution in [-0.4, -0.2) is 48.7 Å². The van der Waals surface area contributed by atoms with Crippen LogP contribution in [0.15, 0.2) is 24.3 Å². The van der Waals surface area contributed by atoms with Crippen LogP contribution in [0, 0.1) is 5.92 Å². The lowest BCUT2D eigenvalue weighted by atomic mass is 9.93.